The van der Waals surface area contributed by atoms with Crippen LogP contribution in [-0.2, 0) is 24.3 Å². The lowest BCUT2D eigenvalue weighted by Crippen LogP contribution is -2.38. The lowest BCUT2D eigenvalue weighted by Gasteiger charge is -2.13. The van der Waals surface area contributed by atoms with Gasteiger partial charge in [0.25, 0.3) is 0 Å². The van der Waals surface area contributed by atoms with Crippen molar-refractivity contribution in [2.45, 2.75) is 46.2 Å². The molecule has 1 heterocycles. The molecule has 0 fully saturated rings. The number of carbonyl (C=O) groups is 1. The zero-order chi connectivity index (χ0) is 19.5. The minimum atomic E-state index is 0.0484. The van der Waals surface area contributed by atoms with Gasteiger partial charge in [-0.25, -0.2) is 0 Å². The molecule has 1 aromatic carbocycles. The van der Waals surface area contributed by atoms with E-state index in [1.54, 1.807) is 13.4 Å². The highest BCUT2D eigenvalue weighted by molar-refractivity contribution is 5.90. The number of aromatic nitrogens is 3. The maximum atomic E-state index is 11.6. The second-order valence-corrected chi connectivity index (χ2v) is 6.14. The van der Waals surface area contributed by atoms with Crippen molar-refractivity contribution in [3.8, 4) is 0 Å². The highest BCUT2D eigenvalue weighted by atomic mass is 16.1. The van der Waals surface area contributed by atoms with Gasteiger partial charge in [-0.15, -0.1) is 10.2 Å². The molecule has 0 spiro atoms. The Morgan fingerprint density at radius 2 is 1.96 bits per heavy atom. The van der Waals surface area contributed by atoms with Crippen molar-refractivity contribution in [2.24, 2.45) is 4.99 Å². The third-order valence-corrected chi connectivity index (χ3v) is 4.06. The first-order valence-electron chi connectivity index (χ1n) is 9.36. The van der Waals surface area contributed by atoms with Crippen LogP contribution in [0.2, 0.25) is 0 Å². The van der Waals surface area contributed by atoms with Crippen LogP contribution in [0.25, 0.3) is 0 Å². The van der Waals surface area contributed by atoms with Gasteiger partial charge in [-0.3, -0.25) is 9.79 Å². The van der Waals surface area contributed by atoms with Gasteiger partial charge in [0.15, 0.2) is 5.96 Å². The largest absolute Gasteiger partial charge is 0.355 e. The summed E-state index contributed by atoms with van der Waals surface area (Å²) in [5, 5.41) is 17.5. The van der Waals surface area contributed by atoms with Crippen molar-refractivity contribution in [3.05, 3.63) is 42.0 Å². The fraction of sp³-hybridized carbons (Fsp3) is 0.474. The van der Waals surface area contributed by atoms with Gasteiger partial charge in [-0.05, 0) is 24.1 Å². The maximum Gasteiger partial charge on any atom is 0.224 e. The molecule has 146 valence electrons. The summed E-state index contributed by atoms with van der Waals surface area (Å²) in [5.74, 6) is 1.76. The predicted octanol–water partition coefficient (Wildman–Crippen LogP) is 1.94. The Bertz CT molecular complexity index is 737. The van der Waals surface area contributed by atoms with Crippen LogP contribution in [0.4, 0.5) is 5.69 Å². The number of guanidine groups is 1. The molecule has 8 nitrogen and oxygen atoms in total. The van der Waals surface area contributed by atoms with E-state index in [0.29, 0.717) is 13.0 Å². The topological polar surface area (TPSA) is 96.2 Å². The molecule has 0 saturated heterocycles. The van der Waals surface area contributed by atoms with Gasteiger partial charge in [0.1, 0.15) is 12.2 Å². The van der Waals surface area contributed by atoms with Gasteiger partial charge in [0.05, 0.1) is 0 Å². The van der Waals surface area contributed by atoms with E-state index >= 15 is 0 Å². The molecule has 0 aliphatic carbocycles. The van der Waals surface area contributed by atoms with Crippen molar-refractivity contribution in [1.29, 1.82) is 0 Å². The van der Waals surface area contributed by atoms with E-state index in [9.17, 15) is 4.79 Å². The average Bonchev–Trinajstić information content (AvgIpc) is 3.13. The van der Waals surface area contributed by atoms with E-state index in [1.165, 1.54) is 0 Å². The van der Waals surface area contributed by atoms with Gasteiger partial charge in [0.2, 0.25) is 5.91 Å². The van der Waals surface area contributed by atoms with Crippen molar-refractivity contribution in [2.75, 3.05) is 18.9 Å². The Kier molecular flexibility index (Phi) is 8.28. The fourth-order valence-corrected chi connectivity index (χ4v) is 2.60. The SMILES string of the molecule is CCCC(=O)Nc1ccc(CNC(=NC)NCCn2cnnc2CC)cc1. The van der Waals surface area contributed by atoms with Crippen LogP contribution in [0.15, 0.2) is 35.6 Å². The minimum Gasteiger partial charge on any atom is -0.355 e. The highest BCUT2D eigenvalue weighted by Crippen LogP contribution is 2.10. The van der Waals surface area contributed by atoms with Crippen molar-refractivity contribution >= 4 is 17.6 Å². The van der Waals surface area contributed by atoms with Gasteiger partial charge in [-0.1, -0.05) is 26.0 Å². The van der Waals surface area contributed by atoms with E-state index in [4.69, 9.17) is 0 Å². The van der Waals surface area contributed by atoms with E-state index in [1.807, 2.05) is 35.8 Å². The zero-order valence-corrected chi connectivity index (χ0v) is 16.3. The van der Waals surface area contributed by atoms with Crippen molar-refractivity contribution in [3.63, 3.8) is 0 Å². The smallest absolute Gasteiger partial charge is 0.224 e. The molecule has 0 aliphatic heterocycles. The Morgan fingerprint density at radius 1 is 1.19 bits per heavy atom. The summed E-state index contributed by atoms with van der Waals surface area (Å²) in [4.78, 5) is 15.9. The van der Waals surface area contributed by atoms with Gasteiger partial charge in [-0.2, -0.15) is 0 Å². The van der Waals surface area contributed by atoms with Gasteiger partial charge < -0.3 is 20.5 Å². The van der Waals surface area contributed by atoms with Crippen molar-refractivity contribution in [1.82, 2.24) is 25.4 Å². The Balaban J connectivity index is 1.76. The Hall–Kier alpha value is -2.90. The molecule has 3 N–H and O–H groups in total. The molecule has 0 bridgehead atoms. The molecule has 0 saturated carbocycles. The van der Waals surface area contributed by atoms with Crippen LogP contribution >= 0.6 is 0 Å². The number of carbonyl (C=O) groups excluding carboxylic acids is 1. The predicted molar refractivity (Wildman–Crippen MR) is 108 cm³/mol. The molecule has 8 heteroatoms. The molecule has 0 radical (unpaired) electrons. The summed E-state index contributed by atoms with van der Waals surface area (Å²) in [6.45, 7) is 6.21. The summed E-state index contributed by atoms with van der Waals surface area (Å²) in [6.07, 6.45) is 4.00. The fourth-order valence-electron chi connectivity index (χ4n) is 2.60. The summed E-state index contributed by atoms with van der Waals surface area (Å²) >= 11 is 0. The van der Waals surface area contributed by atoms with Gasteiger partial charge in [0, 0.05) is 45.2 Å². The first kappa shape index (κ1) is 20.4. The van der Waals surface area contributed by atoms with E-state index in [2.05, 4.69) is 38.1 Å². The first-order chi connectivity index (χ1) is 13.2. The van der Waals surface area contributed by atoms with E-state index < -0.39 is 0 Å². The van der Waals surface area contributed by atoms with E-state index in [-0.39, 0.29) is 5.91 Å². The molecular formula is C19H29N7O. The monoisotopic (exact) mass is 371 g/mol. The van der Waals surface area contributed by atoms with Crippen LogP contribution in [0.1, 0.15) is 38.1 Å². The number of hydrogen-bond donors (Lipinski definition) is 3. The molecule has 0 aliphatic rings. The molecule has 2 rings (SSSR count). The second kappa shape index (κ2) is 10.9. The van der Waals surface area contributed by atoms with Crippen LogP contribution in [-0.4, -0.2) is 40.2 Å². The van der Waals surface area contributed by atoms with Crippen LogP contribution < -0.4 is 16.0 Å². The van der Waals surface area contributed by atoms with Crippen LogP contribution in [0.3, 0.4) is 0 Å². The minimum absolute atomic E-state index is 0.0484. The third kappa shape index (κ3) is 6.73. The number of aliphatic imine (C=N–C) groups is 1. The lowest BCUT2D eigenvalue weighted by molar-refractivity contribution is -0.116. The van der Waals surface area contributed by atoms with Gasteiger partial charge >= 0.3 is 0 Å². The zero-order valence-electron chi connectivity index (χ0n) is 16.3. The molecular weight excluding hydrogens is 342 g/mol. The molecule has 0 unspecified atom stereocenters. The van der Waals surface area contributed by atoms with Crippen LogP contribution in [0.5, 0.6) is 0 Å². The number of nitrogens with zero attached hydrogens (tertiary/aromatic N) is 4. The average molecular weight is 371 g/mol. The third-order valence-electron chi connectivity index (χ3n) is 4.06. The number of amides is 1. The Labute approximate surface area is 160 Å². The maximum absolute atomic E-state index is 11.6. The second-order valence-electron chi connectivity index (χ2n) is 6.14. The number of hydrogen-bond acceptors (Lipinski definition) is 4. The molecule has 1 aromatic heterocycles. The number of aryl methyl sites for hydroxylation is 1. The van der Waals surface area contributed by atoms with E-state index in [0.717, 1.165) is 49.0 Å². The summed E-state index contributed by atoms with van der Waals surface area (Å²) < 4.78 is 2.03. The molecule has 1 amide bonds. The number of rotatable bonds is 9. The Morgan fingerprint density at radius 3 is 2.63 bits per heavy atom. The van der Waals surface area contributed by atoms with Crippen molar-refractivity contribution < 1.29 is 4.79 Å². The molecule has 2 aromatic rings. The standard InChI is InChI=1S/C19H29N7O/c1-4-6-18(27)24-16-9-7-15(8-10-16)13-22-19(20-3)21-11-12-26-14-23-25-17(26)5-2/h7-10,14H,4-6,11-13H2,1-3H3,(H,24,27)(H2,20,21,22). The number of benzene rings is 1. The summed E-state index contributed by atoms with van der Waals surface area (Å²) in [5.41, 5.74) is 1.93. The normalized spacial score (nSPS) is 11.3. The lowest BCUT2D eigenvalue weighted by atomic mass is 10.2. The quantitative estimate of drug-likeness (QED) is 0.462. The highest BCUT2D eigenvalue weighted by Gasteiger charge is 2.03. The molecule has 0 atom stereocenters. The number of nitrogens with one attached hydrogen (secondary N) is 3. The summed E-state index contributed by atoms with van der Waals surface area (Å²) in [6, 6.07) is 7.82. The van der Waals surface area contributed by atoms with Crippen LogP contribution in [0, 0.1) is 0 Å². The number of anilines is 1. The molecule has 27 heavy (non-hydrogen) atoms. The first-order valence-corrected chi connectivity index (χ1v) is 9.36. The summed E-state index contributed by atoms with van der Waals surface area (Å²) in [7, 11) is 1.75.